The Balaban J connectivity index is 1.73. The number of ether oxygens (including phenoxy) is 1. The zero-order chi connectivity index (χ0) is 21.1. The molecule has 4 rings (SSSR count). The van der Waals surface area contributed by atoms with Gasteiger partial charge in [-0.2, -0.15) is 0 Å². The molecule has 0 heterocycles. The normalized spacial score (nSPS) is 51.5. The van der Waals surface area contributed by atoms with Gasteiger partial charge in [0, 0.05) is 11.8 Å². The smallest absolute Gasteiger partial charge is 0.321 e. The summed E-state index contributed by atoms with van der Waals surface area (Å²) in [6.07, 6.45) is 6.52. The molecule has 29 heavy (non-hydrogen) atoms. The lowest BCUT2D eigenvalue weighted by Crippen LogP contribution is -2.61. The molecule has 0 spiro atoms. The molecule has 1 N–H and O–H groups in total. The van der Waals surface area contributed by atoms with Crippen LogP contribution < -0.4 is 0 Å². The van der Waals surface area contributed by atoms with E-state index in [-0.39, 0.29) is 52.5 Å². The number of hydrogen-bond acceptors (Lipinski definition) is 4. The Morgan fingerprint density at radius 3 is 2.48 bits per heavy atom. The summed E-state index contributed by atoms with van der Waals surface area (Å²) in [5.41, 5.74) is -0.0261. The fourth-order valence-corrected chi connectivity index (χ4v) is 8.73. The van der Waals surface area contributed by atoms with E-state index in [0.717, 1.165) is 44.9 Å². The molecular weight excluding hydrogens is 388 g/mol. The average molecular weight is 425 g/mol. The van der Waals surface area contributed by atoms with Gasteiger partial charge in [0.2, 0.25) is 0 Å². The lowest BCUT2D eigenvalue weighted by atomic mass is 9.43. The van der Waals surface area contributed by atoms with E-state index in [1.165, 1.54) is 0 Å². The van der Waals surface area contributed by atoms with Crippen LogP contribution in [0.5, 0.6) is 0 Å². The fourth-order valence-electron chi connectivity index (χ4n) is 8.66. The zero-order valence-electron chi connectivity index (χ0n) is 18.3. The number of carbonyl (C=O) groups is 2. The number of esters is 1. The molecule has 0 aromatic carbocycles. The van der Waals surface area contributed by atoms with Crippen LogP contribution in [-0.2, 0) is 14.3 Å². The number of ketones is 1. The summed E-state index contributed by atoms with van der Waals surface area (Å²) in [6.45, 7) is 8.55. The highest BCUT2D eigenvalue weighted by molar-refractivity contribution is 6.26. The first-order valence-electron chi connectivity index (χ1n) is 11.6. The number of rotatable bonds is 3. The Hall–Kier alpha value is -0.610. The van der Waals surface area contributed by atoms with Crippen molar-refractivity contribution in [2.24, 2.45) is 46.3 Å². The lowest BCUT2D eigenvalue weighted by Gasteiger charge is -2.63. The van der Waals surface area contributed by atoms with Crippen molar-refractivity contribution in [3.05, 3.63) is 0 Å². The topological polar surface area (TPSA) is 63.6 Å². The monoisotopic (exact) mass is 424 g/mol. The van der Waals surface area contributed by atoms with E-state index in [1.807, 2.05) is 0 Å². The first-order chi connectivity index (χ1) is 13.6. The SMILES string of the molecule is CC(=O)[C@H]1CC[C@H]2[C@@H]3CCC4CC(O)C(C)C[C@]4(C)[C@H]3C(OC(=O)CCl)C[C@]12C. The minimum absolute atomic E-state index is 0.0640. The number of carbonyl (C=O) groups excluding carboxylic acids is 2. The van der Waals surface area contributed by atoms with Crippen molar-refractivity contribution in [3.63, 3.8) is 0 Å². The predicted molar refractivity (Wildman–Crippen MR) is 112 cm³/mol. The molecule has 0 aromatic heterocycles. The van der Waals surface area contributed by atoms with Gasteiger partial charge in [-0.05, 0) is 86.4 Å². The predicted octanol–water partition coefficient (Wildman–Crippen LogP) is 4.60. The van der Waals surface area contributed by atoms with E-state index in [0.29, 0.717) is 23.7 Å². The third kappa shape index (κ3) is 3.28. The van der Waals surface area contributed by atoms with E-state index < -0.39 is 0 Å². The minimum atomic E-state index is -0.343. The first-order valence-corrected chi connectivity index (χ1v) is 12.1. The molecule has 0 aromatic rings. The van der Waals surface area contributed by atoms with Crippen LogP contribution in [0.25, 0.3) is 0 Å². The van der Waals surface area contributed by atoms with Gasteiger partial charge in [-0.1, -0.05) is 20.8 Å². The molecule has 10 atom stereocenters. The summed E-state index contributed by atoms with van der Waals surface area (Å²) >= 11 is 5.82. The highest BCUT2D eigenvalue weighted by atomic mass is 35.5. The van der Waals surface area contributed by atoms with Gasteiger partial charge in [-0.15, -0.1) is 11.6 Å². The van der Waals surface area contributed by atoms with Crippen molar-refractivity contribution in [2.75, 3.05) is 5.88 Å². The van der Waals surface area contributed by atoms with Gasteiger partial charge in [0.05, 0.1) is 6.10 Å². The quantitative estimate of drug-likeness (QED) is 0.531. The van der Waals surface area contributed by atoms with Crippen molar-refractivity contribution in [1.82, 2.24) is 0 Å². The molecule has 0 saturated heterocycles. The Morgan fingerprint density at radius 2 is 1.83 bits per heavy atom. The average Bonchev–Trinajstić information content (AvgIpc) is 2.99. The second kappa shape index (κ2) is 7.51. The molecule has 4 unspecified atom stereocenters. The van der Waals surface area contributed by atoms with Gasteiger partial charge < -0.3 is 9.84 Å². The Labute approximate surface area is 180 Å². The highest BCUT2D eigenvalue weighted by Crippen LogP contribution is 2.68. The number of halogens is 1. The Kier molecular flexibility index (Phi) is 5.60. The molecule has 164 valence electrons. The second-order valence-electron chi connectivity index (χ2n) is 11.2. The van der Waals surface area contributed by atoms with E-state index in [1.54, 1.807) is 6.92 Å². The largest absolute Gasteiger partial charge is 0.461 e. The van der Waals surface area contributed by atoms with Crippen LogP contribution >= 0.6 is 11.6 Å². The molecule has 4 fully saturated rings. The molecule has 0 aliphatic heterocycles. The molecule has 0 bridgehead atoms. The van der Waals surface area contributed by atoms with E-state index in [9.17, 15) is 14.7 Å². The lowest BCUT2D eigenvalue weighted by molar-refractivity contribution is -0.202. The molecular formula is C24H37ClO4. The van der Waals surface area contributed by atoms with Crippen molar-refractivity contribution in [1.29, 1.82) is 0 Å². The van der Waals surface area contributed by atoms with Crippen molar-refractivity contribution in [3.8, 4) is 0 Å². The maximum atomic E-state index is 12.5. The molecule has 0 radical (unpaired) electrons. The third-order valence-electron chi connectivity index (χ3n) is 9.80. The number of fused-ring (bicyclic) bond motifs is 5. The number of alkyl halides is 1. The number of aliphatic hydroxyl groups is 1. The van der Waals surface area contributed by atoms with E-state index >= 15 is 0 Å². The first kappa shape index (κ1) is 21.6. The van der Waals surface area contributed by atoms with Gasteiger partial charge >= 0.3 is 5.97 Å². The van der Waals surface area contributed by atoms with Crippen LogP contribution in [0.15, 0.2) is 0 Å². The van der Waals surface area contributed by atoms with E-state index in [2.05, 4.69) is 20.8 Å². The zero-order valence-corrected chi connectivity index (χ0v) is 19.1. The summed E-state index contributed by atoms with van der Waals surface area (Å²) in [5, 5.41) is 10.5. The molecule has 4 nitrogen and oxygen atoms in total. The molecule has 4 saturated carbocycles. The van der Waals surface area contributed by atoms with Crippen molar-refractivity contribution < 1.29 is 19.4 Å². The third-order valence-corrected chi connectivity index (χ3v) is 10.0. The summed E-state index contributed by atoms with van der Waals surface area (Å²) in [7, 11) is 0. The van der Waals surface area contributed by atoms with Crippen LogP contribution in [0.3, 0.4) is 0 Å². The minimum Gasteiger partial charge on any atom is -0.461 e. The molecule has 4 aliphatic rings. The fraction of sp³-hybridized carbons (Fsp3) is 0.917. The Bertz CT molecular complexity index is 680. The summed E-state index contributed by atoms with van der Waals surface area (Å²) in [6, 6.07) is 0. The van der Waals surface area contributed by atoms with Crippen molar-refractivity contribution >= 4 is 23.4 Å². The molecule has 4 aliphatic carbocycles. The van der Waals surface area contributed by atoms with Crippen LogP contribution in [-0.4, -0.2) is 34.9 Å². The summed E-state index contributed by atoms with van der Waals surface area (Å²) in [4.78, 5) is 24.8. The van der Waals surface area contributed by atoms with Gasteiger partial charge in [-0.25, -0.2) is 0 Å². The van der Waals surface area contributed by atoms with Crippen LogP contribution in [0.2, 0.25) is 0 Å². The van der Waals surface area contributed by atoms with Gasteiger partial charge in [0.25, 0.3) is 0 Å². The van der Waals surface area contributed by atoms with Crippen molar-refractivity contribution in [2.45, 2.75) is 84.8 Å². The molecule has 0 amide bonds. The van der Waals surface area contributed by atoms with E-state index in [4.69, 9.17) is 16.3 Å². The maximum Gasteiger partial charge on any atom is 0.321 e. The van der Waals surface area contributed by atoms with Gasteiger partial charge in [-0.3, -0.25) is 9.59 Å². The highest BCUT2D eigenvalue weighted by Gasteiger charge is 2.65. The Morgan fingerprint density at radius 1 is 1.10 bits per heavy atom. The van der Waals surface area contributed by atoms with Crippen LogP contribution in [0, 0.1) is 46.3 Å². The van der Waals surface area contributed by atoms with Crippen LogP contribution in [0.4, 0.5) is 0 Å². The standard InChI is InChI=1S/C24H37ClO4/c1-13-10-23(3)15(9-19(13)27)5-6-16-18-8-7-17(14(2)26)24(18,4)11-20(22(16)23)29-21(28)12-25/h13,15-20,22,27H,5-12H2,1-4H3/t13?,15?,16-,17+,18-,19?,20?,22+,23-,24+/m0/s1. The number of hydrogen-bond donors (Lipinski definition) is 1. The number of Topliss-reactive ketones (excluding diaryl/α,β-unsaturated/α-hetero) is 1. The molecule has 5 heteroatoms. The summed E-state index contributed by atoms with van der Waals surface area (Å²) < 4.78 is 6.04. The number of aliphatic hydroxyl groups excluding tert-OH is 1. The van der Waals surface area contributed by atoms with Gasteiger partial charge in [0.15, 0.2) is 0 Å². The second-order valence-corrected chi connectivity index (χ2v) is 11.4. The van der Waals surface area contributed by atoms with Gasteiger partial charge in [0.1, 0.15) is 17.8 Å². The van der Waals surface area contributed by atoms with Crippen LogP contribution in [0.1, 0.15) is 72.6 Å². The summed E-state index contributed by atoms with van der Waals surface area (Å²) in [5.74, 6) is 1.93. The maximum absolute atomic E-state index is 12.5.